The van der Waals surface area contributed by atoms with Gasteiger partial charge in [0.1, 0.15) is 5.00 Å². The number of aryl methyl sites for hydroxylation is 3. The predicted octanol–water partition coefficient (Wildman–Crippen LogP) is 2.44. The molecule has 0 amide bonds. The number of hydrogen-bond acceptors (Lipinski definition) is 5. The highest BCUT2D eigenvalue weighted by molar-refractivity contribution is 7.10. The van der Waals surface area contributed by atoms with Crippen molar-refractivity contribution >= 4 is 28.0 Å². The molecule has 0 aliphatic rings. The number of anilines is 2. The normalized spacial score (nSPS) is 10.6. The number of aromatic nitrogens is 3. The highest BCUT2D eigenvalue weighted by Crippen LogP contribution is 2.29. The average Bonchev–Trinajstić information content (AvgIpc) is 2.71. The van der Waals surface area contributed by atoms with Gasteiger partial charge in [0, 0.05) is 13.2 Å². The van der Waals surface area contributed by atoms with Crippen LogP contribution in [-0.2, 0) is 7.05 Å². The molecule has 2 heterocycles. The Hall–Kier alpha value is -1.69. The minimum atomic E-state index is 0.0280. The lowest BCUT2D eigenvalue weighted by Crippen LogP contribution is -1.98. The molecule has 0 aliphatic carbocycles. The molecule has 2 aromatic heterocycles. The zero-order valence-corrected chi connectivity index (χ0v) is 11.1. The zero-order chi connectivity index (χ0) is 12.6. The minimum Gasteiger partial charge on any atom is -0.343 e. The molecular weight excluding hydrogens is 236 g/mol. The van der Waals surface area contributed by atoms with Crippen molar-refractivity contribution in [3.63, 3.8) is 0 Å². The second-order valence-electron chi connectivity index (χ2n) is 3.96. The fourth-order valence-corrected chi connectivity index (χ4v) is 2.57. The van der Waals surface area contributed by atoms with Crippen LogP contribution in [0, 0.1) is 13.8 Å². The Morgan fingerprint density at radius 1 is 1.41 bits per heavy atom. The van der Waals surface area contributed by atoms with Gasteiger partial charge in [-0.05, 0) is 32.3 Å². The summed E-state index contributed by atoms with van der Waals surface area (Å²) in [6.45, 7) is 5.32. The molecule has 17 heavy (non-hydrogen) atoms. The van der Waals surface area contributed by atoms with Crippen molar-refractivity contribution in [2.45, 2.75) is 20.8 Å². The molecule has 1 N–H and O–H groups in total. The van der Waals surface area contributed by atoms with E-state index in [1.165, 1.54) is 11.5 Å². The fourth-order valence-electron chi connectivity index (χ4n) is 1.71. The highest BCUT2D eigenvalue weighted by Gasteiger charge is 2.16. The van der Waals surface area contributed by atoms with Gasteiger partial charge in [0.15, 0.2) is 5.78 Å². The number of carbonyl (C=O) groups excluding carboxylic acids is 1. The van der Waals surface area contributed by atoms with Crippen LogP contribution < -0.4 is 5.32 Å². The van der Waals surface area contributed by atoms with E-state index in [9.17, 15) is 4.79 Å². The maximum Gasteiger partial charge on any atom is 0.164 e. The van der Waals surface area contributed by atoms with Crippen LogP contribution >= 0.6 is 11.5 Å². The predicted molar refractivity (Wildman–Crippen MR) is 68.1 cm³/mol. The SMILES string of the molecule is CC(=O)c1c(C)nsc1Nc1cn(C)nc1C. The molecule has 0 atom stereocenters. The highest BCUT2D eigenvalue weighted by atomic mass is 32.1. The average molecular weight is 250 g/mol. The quantitative estimate of drug-likeness (QED) is 0.850. The zero-order valence-electron chi connectivity index (χ0n) is 10.2. The van der Waals surface area contributed by atoms with Gasteiger partial charge in [-0.2, -0.15) is 9.47 Å². The number of ketones is 1. The lowest BCUT2D eigenvalue weighted by Gasteiger charge is -2.03. The Labute approximate surface area is 104 Å². The third-order valence-corrected chi connectivity index (χ3v) is 3.33. The van der Waals surface area contributed by atoms with Gasteiger partial charge in [0.2, 0.25) is 0 Å². The third kappa shape index (κ3) is 2.21. The van der Waals surface area contributed by atoms with Crippen LogP contribution in [0.4, 0.5) is 10.7 Å². The molecule has 0 spiro atoms. The van der Waals surface area contributed by atoms with Crippen molar-refractivity contribution in [1.82, 2.24) is 14.2 Å². The number of nitrogens with zero attached hydrogens (tertiary/aromatic N) is 3. The molecule has 0 unspecified atom stereocenters. The van der Waals surface area contributed by atoms with Gasteiger partial charge < -0.3 is 5.32 Å². The van der Waals surface area contributed by atoms with Crippen LogP contribution in [0.5, 0.6) is 0 Å². The minimum absolute atomic E-state index is 0.0280. The van der Waals surface area contributed by atoms with Crippen LogP contribution in [0.25, 0.3) is 0 Å². The fraction of sp³-hybridized carbons (Fsp3) is 0.364. The Kier molecular flexibility index (Phi) is 2.97. The summed E-state index contributed by atoms with van der Waals surface area (Å²) < 4.78 is 5.94. The largest absolute Gasteiger partial charge is 0.343 e. The second kappa shape index (κ2) is 4.29. The molecule has 0 fully saturated rings. The standard InChI is InChI=1S/C11H14N4OS/c1-6-9(5-15(4)13-6)12-11-10(8(3)16)7(2)14-17-11/h5,12H,1-4H3. The van der Waals surface area contributed by atoms with Crippen molar-refractivity contribution in [2.24, 2.45) is 7.05 Å². The molecule has 6 heteroatoms. The molecule has 0 saturated heterocycles. The van der Waals surface area contributed by atoms with E-state index >= 15 is 0 Å². The smallest absolute Gasteiger partial charge is 0.164 e. The monoisotopic (exact) mass is 250 g/mol. The Bertz CT molecular complexity index is 570. The third-order valence-electron chi connectivity index (χ3n) is 2.48. The lowest BCUT2D eigenvalue weighted by molar-refractivity contribution is 0.101. The van der Waals surface area contributed by atoms with Crippen LogP contribution in [0.15, 0.2) is 6.20 Å². The van der Waals surface area contributed by atoms with Gasteiger partial charge in [-0.1, -0.05) is 0 Å². The number of Topliss-reactive ketones (excluding diaryl/α,β-unsaturated/α-hetero) is 1. The van der Waals surface area contributed by atoms with E-state index in [1.54, 1.807) is 11.6 Å². The molecule has 0 bridgehead atoms. The van der Waals surface area contributed by atoms with E-state index in [1.807, 2.05) is 27.1 Å². The van der Waals surface area contributed by atoms with E-state index < -0.39 is 0 Å². The van der Waals surface area contributed by atoms with E-state index in [-0.39, 0.29) is 5.78 Å². The van der Waals surface area contributed by atoms with Crippen LogP contribution in [-0.4, -0.2) is 19.9 Å². The molecule has 5 nitrogen and oxygen atoms in total. The van der Waals surface area contributed by atoms with Gasteiger partial charge in [-0.15, -0.1) is 0 Å². The van der Waals surface area contributed by atoms with Crippen LogP contribution in [0.3, 0.4) is 0 Å². The number of carbonyl (C=O) groups is 1. The first-order valence-electron chi connectivity index (χ1n) is 5.23. The molecule has 0 radical (unpaired) electrons. The Balaban J connectivity index is 2.36. The summed E-state index contributed by atoms with van der Waals surface area (Å²) in [4.78, 5) is 11.5. The van der Waals surface area contributed by atoms with Crippen molar-refractivity contribution in [2.75, 3.05) is 5.32 Å². The lowest BCUT2D eigenvalue weighted by atomic mass is 10.2. The van der Waals surface area contributed by atoms with Gasteiger partial charge >= 0.3 is 0 Å². The molecule has 90 valence electrons. The van der Waals surface area contributed by atoms with E-state index in [0.29, 0.717) is 5.56 Å². The number of hydrogen-bond donors (Lipinski definition) is 1. The van der Waals surface area contributed by atoms with Gasteiger partial charge in [0.25, 0.3) is 0 Å². The first-order valence-corrected chi connectivity index (χ1v) is 6.01. The summed E-state index contributed by atoms with van der Waals surface area (Å²) in [5, 5.41) is 8.24. The molecule has 0 saturated carbocycles. The van der Waals surface area contributed by atoms with Gasteiger partial charge in [-0.25, -0.2) is 0 Å². The van der Waals surface area contributed by atoms with Gasteiger partial charge in [0.05, 0.1) is 22.6 Å². The van der Waals surface area contributed by atoms with E-state index in [0.717, 1.165) is 22.1 Å². The molecule has 0 aliphatic heterocycles. The first-order chi connectivity index (χ1) is 7.99. The molecular formula is C11H14N4OS. The summed E-state index contributed by atoms with van der Waals surface area (Å²) in [7, 11) is 1.86. The van der Waals surface area contributed by atoms with E-state index in [2.05, 4.69) is 14.8 Å². The summed E-state index contributed by atoms with van der Waals surface area (Å²) in [6.07, 6.45) is 1.88. The van der Waals surface area contributed by atoms with Crippen molar-refractivity contribution < 1.29 is 4.79 Å². The second-order valence-corrected chi connectivity index (χ2v) is 4.73. The summed E-state index contributed by atoms with van der Waals surface area (Å²) >= 11 is 1.30. The van der Waals surface area contributed by atoms with Crippen molar-refractivity contribution in [3.8, 4) is 0 Å². The Morgan fingerprint density at radius 2 is 2.12 bits per heavy atom. The topological polar surface area (TPSA) is 59.8 Å². The van der Waals surface area contributed by atoms with Crippen molar-refractivity contribution in [3.05, 3.63) is 23.1 Å². The maximum absolute atomic E-state index is 11.5. The maximum atomic E-state index is 11.5. The van der Waals surface area contributed by atoms with Gasteiger partial charge in [-0.3, -0.25) is 9.48 Å². The summed E-state index contributed by atoms with van der Waals surface area (Å²) in [5.41, 5.74) is 3.23. The van der Waals surface area contributed by atoms with E-state index in [4.69, 9.17) is 0 Å². The van der Waals surface area contributed by atoms with Crippen LogP contribution in [0.2, 0.25) is 0 Å². The number of rotatable bonds is 3. The molecule has 2 aromatic rings. The molecule has 2 rings (SSSR count). The summed E-state index contributed by atoms with van der Waals surface area (Å²) in [6, 6.07) is 0. The summed E-state index contributed by atoms with van der Waals surface area (Å²) in [5.74, 6) is 0.0280. The van der Waals surface area contributed by atoms with Crippen LogP contribution in [0.1, 0.15) is 28.7 Å². The first kappa shape index (κ1) is 11.8. The Morgan fingerprint density at radius 3 is 2.65 bits per heavy atom. The number of nitrogens with one attached hydrogen (secondary N) is 1. The van der Waals surface area contributed by atoms with Crippen molar-refractivity contribution in [1.29, 1.82) is 0 Å². The molecule has 0 aromatic carbocycles.